The second-order valence-corrected chi connectivity index (χ2v) is 2.82. The highest BCUT2D eigenvalue weighted by atomic mass is 16.3. The van der Waals surface area contributed by atoms with Crippen molar-refractivity contribution < 1.29 is 5.11 Å². The van der Waals surface area contributed by atoms with Crippen molar-refractivity contribution in [1.29, 1.82) is 5.26 Å². The number of β-amino-alcohol motifs (C(OH)–C–C–N with tert-alkyl or cyclic N) is 1. The lowest BCUT2D eigenvalue weighted by molar-refractivity contribution is 0.160. The number of likely N-dealkylation sites (N-methyl/N-ethyl adjacent to an activating group) is 1. The molecule has 0 atom stereocenters. The molecule has 58 valence electrons. The molecule has 0 aliphatic heterocycles. The maximum Gasteiger partial charge on any atom is 0.103 e. The maximum atomic E-state index is 8.62. The van der Waals surface area contributed by atoms with E-state index in [1.54, 1.807) is 0 Å². The van der Waals surface area contributed by atoms with E-state index < -0.39 is 5.54 Å². The van der Waals surface area contributed by atoms with E-state index in [0.717, 1.165) is 0 Å². The van der Waals surface area contributed by atoms with Crippen LogP contribution in [0, 0.1) is 11.3 Å². The number of aliphatic hydroxyl groups excluding tert-OH is 1. The summed E-state index contributed by atoms with van der Waals surface area (Å²) < 4.78 is 0. The predicted molar refractivity (Wildman–Crippen MR) is 39.4 cm³/mol. The minimum absolute atomic E-state index is 0.0988. The topological polar surface area (TPSA) is 47.3 Å². The van der Waals surface area contributed by atoms with Crippen molar-refractivity contribution in [2.75, 3.05) is 20.2 Å². The van der Waals surface area contributed by atoms with Crippen LogP contribution < -0.4 is 0 Å². The molecule has 0 unspecified atom stereocenters. The number of nitriles is 1. The third-order valence-corrected chi connectivity index (χ3v) is 1.66. The molecule has 0 heterocycles. The molecule has 0 saturated heterocycles. The average molecular weight is 142 g/mol. The van der Waals surface area contributed by atoms with Crippen LogP contribution >= 0.6 is 0 Å². The fraction of sp³-hybridized carbons (Fsp3) is 0.857. The molecule has 0 bridgehead atoms. The summed E-state index contributed by atoms with van der Waals surface area (Å²) in [5.74, 6) is 0. The van der Waals surface area contributed by atoms with E-state index >= 15 is 0 Å². The van der Waals surface area contributed by atoms with Gasteiger partial charge < -0.3 is 5.11 Å². The van der Waals surface area contributed by atoms with Gasteiger partial charge in [-0.2, -0.15) is 5.26 Å². The van der Waals surface area contributed by atoms with Crippen molar-refractivity contribution in [3.8, 4) is 6.07 Å². The van der Waals surface area contributed by atoms with Crippen LogP contribution in [0.5, 0.6) is 0 Å². The highest BCUT2D eigenvalue weighted by molar-refractivity contribution is 5.00. The van der Waals surface area contributed by atoms with Gasteiger partial charge in [0.2, 0.25) is 0 Å². The molecule has 0 aliphatic rings. The smallest absolute Gasteiger partial charge is 0.103 e. The van der Waals surface area contributed by atoms with Gasteiger partial charge in [0, 0.05) is 6.54 Å². The Bertz CT molecular complexity index is 137. The van der Waals surface area contributed by atoms with E-state index in [-0.39, 0.29) is 6.61 Å². The number of hydrogen-bond donors (Lipinski definition) is 1. The van der Waals surface area contributed by atoms with E-state index in [0.29, 0.717) is 6.54 Å². The minimum atomic E-state index is -0.470. The van der Waals surface area contributed by atoms with Crippen LogP contribution in [-0.4, -0.2) is 35.7 Å². The third kappa shape index (κ3) is 2.34. The molecule has 0 radical (unpaired) electrons. The molecule has 0 aromatic rings. The largest absolute Gasteiger partial charge is 0.395 e. The van der Waals surface area contributed by atoms with E-state index in [1.165, 1.54) is 0 Å². The Balaban J connectivity index is 3.94. The van der Waals surface area contributed by atoms with Crippen LogP contribution in [0.25, 0.3) is 0 Å². The summed E-state index contributed by atoms with van der Waals surface area (Å²) in [6.45, 7) is 4.29. The van der Waals surface area contributed by atoms with Crippen molar-refractivity contribution >= 4 is 0 Å². The van der Waals surface area contributed by atoms with Crippen LogP contribution in [0.3, 0.4) is 0 Å². The summed E-state index contributed by atoms with van der Waals surface area (Å²) in [7, 11) is 1.82. The first-order valence-electron chi connectivity index (χ1n) is 3.28. The molecule has 0 aliphatic carbocycles. The summed E-state index contributed by atoms with van der Waals surface area (Å²) in [6, 6.07) is 2.14. The first kappa shape index (κ1) is 9.41. The van der Waals surface area contributed by atoms with E-state index in [4.69, 9.17) is 10.4 Å². The standard InChI is InChI=1S/C7H14N2O/c1-7(2,6-8)9(3)4-5-10/h10H,4-5H2,1-3H3. The van der Waals surface area contributed by atoms with E-state index in [9.17, 15) is 0 Å². The number of aliphatic hydroxyl groups is 1. The molecule has 0 aromatic carbocycles. The third-order valence-electron chi connectivity index (χ3n) is 1.66. The van der Waals surface area contributed by atoms with Crippen molar-refractivity contribution in [1.82, 2.24) is 4.90 Å². The molecule has 0 amide bonds. The first-order chi connectivity index (χ1) is 4.54. The van der Waals surface area contributed by atoms with Crippen molar-refractivity contribution in [3.63, 3.8) is 0 Å². The zero-order chi connectivity index (χ0) is 8.20. The summed E-state index contributed by atoms with van der Waals surface area (Å²) in [5, 5.41) is 17.2. The Hall–Kier alpha value is -0.590. The molecule has 0 rings (SSSR count). The molecule has 10 heavy (non-hydrogen) atoms. The molecule has 0 fully saturated rings. The van der Waals surface area contributed by atoms with Crippen molar-refractivity contribution in [2.45, 2.75) is 19.4 Å². The molecule has 3 heteroatoms. The fourth-order valence-electron chi connectivity index (χ4n) is 0.515. The zero-order valence-corrected chi connectivity index (χ0v) is 6.76. The molecule has 0 aromatic heterocycles. The maximum absolute atomic E-state index is 8.62. The van der Waals surface area contributed by atoms with Gasteiger partial charge in [-0.15, -0.1) is 0 Å². The molecular formula is C7H14N2O. The highest BCUT2D eigenvalue weighted by Crippen LogP contribution is 2.08. The molecule has 3 nitrogen and oxygen atoms in total. The second kappa shape index (κ2) is 3.55. The van der Waals surface area contributed by atoms with Gasteiger partial charge in [-0.3, -0.25) is 4.90 Å². The van der Waals surface area contributed by atoms with Crippen molar-refractivity contribution in [2.24, 2.45) is 0 Å². The Labute approximate surface area is 61.9 Å². The normalized spacial score (nSPS) is 11.6. The van der Waals surface area contributed by atoms with Crippen LogP contribution in [0.4, 0.5) is 0 Å². The van der Waals surface area contributed by atoms with Crippen LogP contribution in [0.1, 0.15) is 13.8 Å². The second-order valence-electron chi connectivity index (χ2n) is 2.82. The van der Waals surface area contributed by atoms with Gasteiger partial charge in [-0.05, 0) is 20.9 Å². The lowest BCUT2D eigenvalue weighted by Gasteiger charge is -2.27. The van der Waals surface area contributed by atoms with Gasteiger partial charge in [0.25, 0.3) is 0 Å². The van der Waals surface area contributed by atoms with Gasteiger partial charge in [-0.25, -0.2) is 0 Å². The monoisotopic (exact) mass is 142 g/mol. The Kier molecular flexibility index (Phi) is 3.34. The fourth-order valence-corrected chi connectivity index (χ4v) is 0.515. The highest BCUT2D eigenvalue weighted by Gasteiger charge is 2.21. The van der Waals surface area contributed by atoms with Gasteiger partial charge >= 0.3 is 0 Å². The SMILES string of the molecule is CN(CCO)C(C)(C)C#N. The Morgan fingerprint density at radius 2 is 2.10 bits per heavy atom. The van der Waals surface area contributed by atoms with Crippen molar-refractivity contribution in [3.05, 3.63) is 0 Å². The molecule has 0 spiro atoms. The summed E-state index contributed by atoms with van der Waals surface area (Å²) in [4.78, 5) is 1.81. The Morgan fingerprint density at radius 1 is 1.60 bits per heavy atom. The molecule has 1 N–H and O–H groups in total. The number of hydrogen-bond acceptors (Lipinski definition) is 3. The number of rotatable bonds is 3. The Morgan fingerprint density at radius 3 is 2.40 bits per heavy atom. The van der Waals surface area contributed by atoms with E-state index in [1.807, 2.05) is 25.8 Å². The van der Waals surface area contributed by atoms with Gasteiger partial charge in [0.15, 0.2) is 0 Å². The number of nitrogens with zero attached hydrogens (tertiary/aromatic N) is 2. The molecule has 0 saturated carbocycles. The van der Waals surface area contributed by atoms with Crippen LogP contribution in [0.15, 0.2) is 0 Å². The average Bonchev–Trinajstić information content (AvgIpc) is 1.89. The van der Waals surface area contributed by atoms with Gasteiger partial charge in [0.1, 0.15) is 5.54 Å². The minimum Gasteiger partial charge on any atom is -0.395 e. The van der Waals surface area contributed by atoms with Crippen LogP contribution in [0.2, 0.25) is 0 Å². The first-order valence-corrected chi connectivity index (χ1v) is 3.28. The predicted octanol–water partition coefficient (Wildman–Crippen LogP) is 0.213. The lowest BCUT2D eigenvalue weighted by Crippen LogP contribution is -2.41. The van der Waals surface area contributed by atoms with Crippen LogP contribution in [-0.2, 0) is 0 Å². The quantitative estimate of drug-likeness (QED) is 0.613. The lowest BCUT2D eigenvalue weighted by atomic mass is 10.1. The summed E-state index contributed by atoms with van der Waals surface area (Å²) in [6.07, 6.45) is 0. The molecular weight excluding hydrogens is 128 g/mol. The van der Waals surface area contributed by atoms with Gasteiger partial charge in [-0.1, -0.05) is 0 Å². The van der Waals surface area contributed by atoms with Gasteiger partial charge in [0.05, 0.1) is 12.7 Å². The van der Waals surface area contributed by atoms with E-state index in [2.05, 4.69) is 6.07 Å². The summed E-state index contributed by atoms with van der Waals surface area (Å²) >= 11 is 0. The zero-order valence-electron chi connectivity index (χ0n) is 6.76. The summed E-state index contributed by atoms with van der Waals surface area (Å²) in [5.41, 5.74) is -0.470.